The van der Waals surface area contributed by atoms with Crippen molar-refractivity contribution in [3.8, 4) is 5.88 Å². The van der Waals surface area contributed by atoms with Crippen molar-refractivity contribution in [2.75, 3.05) is 20.3 Å². The lowest BCUT2D eigenvalue weighted by atomic mass is 10.2. The molecule has 1 fully saturated rings. The molecule has 5 heteroatoms. The number of nitrogens with one attached hydrogen (secondary N) is 1. The Morgan fingerprint density at radius 3 is 2.81 bits per heavy atom. The third kappa shape index (κ3) is 3.15. The van der Waals surface area contributed by atoms with Gasteiger partial charge in [-0.15, -0.1) is 5.10 Å². The second-order valence-corrected chi connectivity index (χ2v) is 3.82. The zero-order chi connectivity index (χ0) is 11.2. The van der Waals surface area contributed by atoms with Gasteiger partial charge in [0.05, 0.1) is 18.9 Å². The topological polar surface area (TPSA) is 56.3 Å². The van der Waals surface area contributed by atoms with Gasteiger partial charge >= 0.3 is 0 Å². The van der Waals surface area contributed by atoms with E-state index < -0.39 is 0 Å². The average Bonchev–Trinajstić information content (AvgIpc) is 2.33. The van der Waals surface area contributed by atoms with Gasteiger partial charge in [-0.3, -0.25) is 0 Å². The first-order valence-electron chi connectivity index (χ1n) is 5.60. The maximum atomic E-state index is 5.71. The zero-order valence-corrected chi connectivity index (χ0v) is 9.48. The lowest BCUT2D eigenvalue weighted by Crippen LogP contribution is -2.26. The summed E-state index contributed by atoms with van der Waals surface area (Å²) >= 11 is 0. The maximum Gasteiger partial charge on any atom is 0.233 e. The van der Waals surface area contributed by atoms with Crippen LogP contribution >= 0.6 is 0 Å². The molecular formula is C11H17N3O2. The predicted molar refractivity (Wildman–Crippen MR) is 59.3 cm³/mol. The Bertz CT molecular complexity index is 310. The van der Waals surface area contributed by atoms with Crippen molar-refractivity contribution in [3.63, 3.8) is 0 Å². The molecule has 1 aromatic heterocycles. The van der Waals surface area contributed by atoms with Crippen molar-refractivity contribution in [3.05, 3.63) is 17.8 Å². The van der Waals surface area contributed by atoms with E-state index in [-0.39, 0.29) is 6.10 Å². The first kappa shape index (κ1) is 11.3. The van der Waals surface area contributed by atoms with E-state index >= 15 is 0 Å². The molecule has 1 aromatic rings. The largest absolute Gasteiger partial charge is 0.473 e. The molecule has 1 saturated heterocycles. The van der Waals surface area contributed by atoms with Gasteiger partial charge in [-0.25, -0.2) is 0 Å². The maximum absolute atomic E-state index is 5.71. The molecule has 0 saturated carbocycles. The number of hydrogen-bond donors (Lipinski definition) is 1. The van der Waals surface area contributed by atoms with Gasteiger partial charge < -0.3 is 14.8 Å². The molecule has 2 rings (SSSR count). The summed E-state index contributed by atoms with van der Waals surface area (Å²) in [4.78, 5) is 0. The molecule has 0 atom stereocenters. The second kappa shape index (κ2) is 5.77. The quantitative estimate of drug-likeness (QED) is 0.816. The lowest BCUT2D eigenvalue weighted by molar-refractivity contribution is 0.0233. The Morgan fingerprint density at radius 1 is 1.38 bits per heavy atom. The van der Waals surface area contributed by atoms with Crippen molar-refractivity contribution >= 4 is 0 Å². The minimum absolute atomic E-state index is 0.221. The number of hydrogen-bond acceptors (Lipinski definition) is 5. The smallest absolute Gasteiger partial charge is 0.233 e. The van der Waals surface area contributed by atoms with E-state index in [1.54, 1.807) is 0 Å². The fourth-order valence-electron chi connectivity index (χ4n) is 1.65. The van der Waals surface area contributed by atoms with Gasteiger partial charge in [-0.2, -0.15) is 5.10 Å². The summed E-state index contributed by atoms with van der Waals surface area (Å²) in [5, 5.41) is 11.1. The van der Waals surface area contributed by atoms with E-state index in [1.165, 1.54) is 0 Å². The van der Waals surface area contributed by atoms with Crippen LogP contribution in [0.3, 0.4) is 0 Å². The number of nitrogens with zero attached hydrogens (tertiary/aromatic N) is 2. The van der Waals surface area contributed by atoms with Gasteiger partial charge in [-0.05, 0) is 13.1 Å². The summed E-state index contributed by atoms with van der Waals surface area (Å²) in [6.45, 7) is 2.27. The number of aromatic nitrogens is 2. The summed E-state index contributed by atoms with van der Waals surface area (Å²) in [6, 6.07) is 3.80. The summed E-state index contributed by atoms with van der Waals surface area (Å²) in [5.41, 5.74) is 0.918. The molecule has 1 N–H and O–H groups in total. The molecule has 0 aromatic carbocycles. The van der Waals surface area contributed by atoms with Crippen LogP contribution in [0.5, 0.6) is 5.88 Å². The highest BCUT2D eigenvalue weighted by atomic mass is 16.5. The van der Waals surface area contributed by atoms with Crippen LogP contribution in [-0.2, 0) is 11.3 Å². The Hall–Kier alpha value is -1.20. The molecule has 0 aliphatic carbocycles. The van der Waals surface area contributed by atoms with Crippen LogP contribution in [0.1, 0.15) is 18.5 Å². The van der Waals surface area contributed by atoms with Crippen LogP contribution in [0, 0.1) is 0 Å². The fourth-order valence-corrected chi connectivity index (χ4v) is 1.65. The third-order valence-corrected chi connectivity index (χ3v) is 2.51. The van der Waals surface area contributed by atoms with Gasteiger partial charge in [0, 0.05) is 25.5 Å². The summed E-state index contributed by atoms with van der Waals surface area (Å²) in [7, 11) is 1.88. The van der Waals surface area contributed by atoms with Crippen molar-refractivity contribution in [2.24, 2.45) is 0 Å². The van der Waals surface area contributed by atoms with E-state index in [0.717, 1.165) is 38.3 Å². The first-order chi connectivity index (χ1) is 7.88. The van der Waals surface area contributed by atoms with Crippen LogP contribution in [0.15, 0.2) is 12.1 Å². The summed E-state index contributed by atoms with van der Waals surface area (Å²) in [6.07, 6.45) is 2.08. The molecule has 0 amide bonds. The van der Waals surface area contributed by atoms with E-state index in [4.69, 9.17) is 9.47 Å². The molecule has 1 aliphatic heterocycles. The summed E-state index contributed by atoms with van der Waals surface area (Å²) < 4.78 is 11.0. The van der Waals surface area contributed by atoms with Crippen LogP contribution in [0.25, 0.3) is 0 Å². The van der Waals surface area contributed by atoms with Crippen LogP contribution in [0.2, 0.25) is 0 Å². The van der Waals surface area contributed by atoms with Gasteiger partial charge in [0.25, 0.3) is 0 Å². The monoisotopic (exact) mass is 223 g/mol. The first-order valence-corrected chi connectivity index (χ1v) is 5.60. The van der Waals surface area contributed by atoms with Crippen LogP contribution in [0.4, 0.5) is 0 Å². The minimum atomic E-state index is 0.221. The lowest BCUT2D eigenvalue weighted by Gasteiger charge is -2.22. The van der Waals surface area contributed by atoms with Gasteiger partial charge in [-0.1, -0.05) is 0 Å². The molecular weight excluding hydrogens is 206 g/mol. The predicted octanol–water partition coefficient (Wildman–Crippen LogP) is 0.754. The fraction of sp³-hybridized carbons (Fsp3) is 0.636. The van der Waals surface area contributed by atoms with E-state index in [0.29, 0.717) is 5.88 Å². The summed E-state index contributed by atoms with van der Waals surface area (Å²) in [5.74, 6) is 0.603. The molecule has 1 aliphatic rings. The molecule has 5 nitrogen and oxygen atoms in total. The highest BCUT2D eigenvalue weighted by Gasteiger charge is 2.15. The average molecular weight is 223 g/mol. The number of rotatable bonds is 4. The molecule has 88 valence electrons. The molecule has 0 bridgehead atoms. The van der Waals surface area contributed by atoms with Gasteiger partial charge in [0.2, 0.25) is 5.88 Å². The van der Waals surface area contributed by atoms with Gasteiger partial charge in [0.15, 0.2) is 0 Å². The molecule has 0 radical (unpaired) electrons. The van der Waals surface area contributed by atoms with Crippen molar-refractivity contribution in [2.45, 2.75) is 25.5 Å². The van der Waals surface area contributed by atoms with Crippen molar-refractivity contribution in [1.29, 1.82) is 0 Å². The number of ether oxygens (including phenoxy) is 2. The highest BCUT2D eigenvalue weighted by molar-refractivity contribution is 5.11. The van der Waals surface area contributed by atoms with E-state index in [1.807, 2.05) is 19.2 Å². The van der Waals surface area contributed by atoms with Crippen molar-refractivity contribution in [1.82, 2.24) is 15.5 Å². The molecule has 0 unspecified atom stereocenters. The highest BCUT2D eigenvalue weighted by Crippen LogP contribution is 2.14. The minimum Gasteiger partial charge on any atom is -0.473 e. The SMILES string of the molecule is CNCc1ccc(OC2CCOCC2)nn1. The van der Waals surface area contributed by atoms with E-state index in [9.17, 15) is 0 Å². The standard InChI is InChI=1S/C11H17N3O2/c1-12-8-9-2-3-11(14-13-9)16-10-4-6-15-7-5-10/h2-3,10,12H,4-8H2,1H3. The van der Waals surface area contributed by atoms with Crippen molar-refractivity contribution < 1.29 is 9.47 Å². The Balaban J connectivity index is 1.88. The zero-order valence-electron chi connectivity index (χ0n) is 9.48. The van der Waals surface area contributed by atoms with E-state index in [2.05, 4.69) is 15.5 Å². The van der Waals surface area contributed by atoms with Crippen LogP contribution in [-0.4, -0.2) is 36.6 Å². The Morgan fingerprint density at radius 2 is 2.19 bits per heavy atom. The molecule has 2 heterocycles. The molecule has 0 spiro atoms. The normalized spacial score (nSPS) is 17.3. The van der Waals surface area contributed by atoms with Gasteiger partial charge in [0.1, 0.15) is 6.10 Å². The third-order valence-electron chi connectivity index (χ3n) is 2.51. The Kier molecular flexibility index (Phi) is 4.07. The molecule has 16 heavy (non-hydrogen) atoms. The Labute approximate surface area is 95.2 Å². The second-order valence-electron chi connectivity index (χ2n) is 3.82. The van der Waals surface area contributed by atoms with Crippen LogP contribution < -0.4 is 10.1 Å².